The predicted octanol–water partition coefficient (Wildman–Crippen LogP) is 6.26. The van der Waals surface area contributed by atoms with Crippen molar-refractivity contribution in [3.63, 3.8) is 0 Å². The molecule has 1 aromatic rings. The summed E-state index contributed by atoms with van der Waals surface area (Å²) in [4.78, 5) is 14.3. The fourth-order valence-electron chi connectivity index (χ4n) is 5.15. The van der Waals surface area contributed by atoms with E-state index < -0.39 is 6.10 Å². The smallest absolute Gasteiger partial charge is 0.306 e. The van der Waals surface area contributed by atoms with Crippen molar-refractivity contribution >= 4 is 29.2 Å². The number of ether oxygens (including phenoxy) is 2. The van der Waals surface area contributed by atoms with E-state index in [9.17, 15) is 9.90 Å². The Labute approximate surface area is 226 Å². The third-order valence-corrected chi connectivity index (χ3v) is 8.03. The number of β-amino-alcohol motifs (C(OH)–C–C–N with tert-alkyl or cyclic N) is 1. The van der Waals surface area contributed by atoms with Crippen LogP contribution in [-0.2, 0) is 20.7 Å². The lowest BCUT2D eigenvalue weighted by Gasteiger charge is -2.29. The Bertz CT molecular complexity index is 919. The average molecular weight is 539 g/mol. The summed E-state index contributed by atoms with van der Waals surface area (Å²) in [7, 11) is 0. The largest absolute Gasteiger partial charge is 0.466 e. The quantitative estimate of drug-likeness (QED) is 0.237. The molecule has 1 N–H and O–H groups in total. The van der Waals surface area contributed by atoms with E-state index in [-0.39, 0.29) is 30.5 Å². The SMILES string of the molecule is CCOC(=O)CCc1c(Cl)cccc1[C@@H](CC)OC[C@H](O)CN1CCC[C@H]1CC1=CC(Cl)C(C)C=C1. The normalized spacial score (nSPS) is 23.9. The van der Waals surface area contributed by atoms with E-state index in [1.54, 1.807) is 6.92 Å². The summed E-state index contributed by atoms with van der Waals surface area (Å²) < 4.78 is 11.3. The number of allylic oxidation sites excluding steroid dienone is 3. The van der Waals surface area contributed by atoms with Crippen LogP contribution in [0.15, 0.2) is 42.0 Å². The fraction of sp³-hybridized carbons (Fsp3) is 0.621. The second-order valence-electron chi connectivity index (χ2n) is 9.90. The molecule has 200 valence electrons. The molecule has 5 nitrogen and oxygen atoms in total. The summed E-state index contributed by atoms with van der Waals surface area (Å²) in [6.07, 6.45) is 10.5. The van der Waals surface area contributed by atoms with Gasteiger partial charge in [-0.3, -0.25) is 9.69 Å². The summed E-state index contributed by atoms with van der Waals surface area (Å²) in [5, 5.41) is 11.5. The molecule has 2 aliphatic rings. The van der Waals surface area contributed by atoms with Gasteiger partial charge in [0.25, 0.3) is 0 Å². The molecular formula is C29H41Cl2NO4. The lowest BCUT2D eigenvalue weighted by Crippen LogP contribution is -2.38. The minimum atomic E-state index is -0.585. The van der Waals surface area contributed by atoms with Crippen LogP contribution in [0.4, 0.5) is 0 Å². The fourth-order valence-corrected chi connectivity index (χ4v) is 5.67. The van der Waals surface area contributed by atoms with E-state index in [1.807, 2.05) is 18.2 Å². The molecule has 36 heavy (non-hydrogen) atoms. The molecular weight excluding hydrogens is 497 g/mol. The van der Waals surface area contributed by atoms with Gasteiger partial charge in [0.05, 0.1) is 30.8 Å². The molecule has 0 amide bonds. The maximum Gasteiger partial charge on any atom is 0.306 e. The molecule has 1 heterocycles. The molecule has 0 radical (unpaired) electrons. The summed E-state index contributed by atoms with van der Waals surface area (Å²) >= 11 is 12.9. The van der Waals surface area contributed by atoms with Crippen LogP contribution in [-0.4, -0.2) is 59.8 Å². The molecule has 1 aromatic carbocycles. The number of likely N-dealkylation sites (tertiary alicyclic amines) is 1. The Hall–Kier alpha value is -1.37. The van der Waals surface area contributed by atoms with Crippen LogP contribution in [0.3, 0.4) is 0 Å². The highest BCUT2D eigenvalue weighted by molar-refractivity contribution is 6.31. The van der Waals surface area contributed by atoms with Gasteiger partial charge < -0.3 is 14.6 Å². The number of halogens is 2. The van der Waals surface area contributed by atoms with Gasteiger partial charge in [-0.2, -0.15) is 0 Å². The Balaban J connectivity index is 1.55. The Morgan fingerprint density at radius 1 is 1.31 bits per heavy atom. The summed E-state index contributed by atoms with van der Waals surface area (Å²) in [6, 6.07) is 6.16. The number of esters is 1. The van der Waals surface area contributed by atoms with Gasteiger partial charge in [-0.1, -0.05) is 55.8 Å². The molecule has 7 heteroatoms. The average Bonchev–Trinajstić information content (AvgIpc) is 3.27. The molecule has 1 fully saturated rings. The number of hydrogen-bond acceptors (Lipinski definition) is 5. The van der Waals surface area contributed by atoms with E-state index in [0.717, 1.165) is 43.4 Å². The minimum Gasteiger partial charge on any atom is -0.466 e. The summed E-state index contributed by atoms with van der Waals surface area (Å²) in [5.74, 6) is 0.134. The van der Waals surface area contributed by atoms with Crippen molar-refractivity contribution in [1.82, 2.24) is 4.90 Å². The van der Waals surface area contributed by atoms with E-state index in [4.69, 9.17) is 32.7 Å². The van der Waals surface area contributed by atoms with Crippen LogP contribution in [0.25, 0.3) is 0 Å². The van der Waals surface area contributed by atoms with Crippen LogP contribution in [0.2, 0.25) is 5.02 Å². The van der Waals surface area contributed by atoms with Crippen LogP contribution < -0.4 is 0 Å². The van der Waals surface area contributed by atoms with E-state index in [2.05, 4.69) is 37.0 Å². The number of aliphatic hydroxyl groups is 1. The first-order valence-corrected chi connectivity index (χ1v) is 14.1. The van der Waals surface area contributed by atoms with Gasteiger partial charge in [-0.15, -0.1) is 11.6 Å². The van der Waals surface area contributed by atoms with Crippen molar-refractivity contribution < 1.29 is 19.4 Å². The zero-order valence-corrected chi connectivity index (χ0v) is 23.3. The van der Waals surface area contributed by atoms with Gasteiger partial charge in [0, 0.05) is 24.0 Å². The molecule has 3 rings (SSSR count). The second-order valence-corrected chi connectivity index (χ2v) is 10.8. The van der Waals surface area contributed by atoms with Crippen molar-refractivity contribution in [1.29, 1.82) is 0 Å². The highest BCUT2D eigenvalue weighted by Gasteiger charge is 2.28. The molecule has 0 spiro atoms. The maximum atomic E-state index is 11.9. The standard InChI is InChI=1S/C29H41Cl2NO4/c1-4-28(25-9-6-10-26(30)24(25)13-14-29(34)35-5-2)36-19-23(33)18-32-15-7-8-22(32)16-21-12-11-20(3)27(31)17-21/h6,9-12,17,20,22-23,27-28,33H,4-5,7-8,13-16,18-19H2,1-3H3/t20?,22-,23+,27?,28+/m0/s1. The van der Waals surface area contributed by atoms with Crippen molar-refractivity contribution in [2.45, 2.75) is 82.9 Å². The molecule has 1 aliphatic heterocycles. The molecule has 0 saturated carbocycles. The lowest BCUT2D eigenvalue weighted by molar-refractivity contribution is -0.143. The van der Waals surface area contributed by atoms with Crippen LogP contribution in [0, 0.1) is 5.92 Å². The number of carbonyl (C=O) groups excluding carboxylic acids is 1. The van der Waals surface area contributed by atoms with Crippen molar-refractivity contribution in [2.75, 3.05) is 26.3 Å². The maximum absolute atomic E-state index is 11.9. The zero-order valence-electron chi connectivity index (χ0n) is 21.8. The Morgan fingerprint density at radius 3 is 2.83 bits per heavy atom. The number of rotatable bonds is 13. The topological polar surface area (TPSA) is 59.0 Å². The van der Waals surface area contributed by atoms with E-state index in [1.165, 1.54) is 5.57 Å². The van der Waals surface area contributed by atoms with Gasteiger partial charge in [0.1, 0.15) is 0 Å². The van der Waals surface area contributed by atoms with Crippen LogP contribution in [0.5, 0.6) is 0 Å². The van der Waals surface area contributed by atoms with Crippen LogP contribution in [0.1, 0.15) is 70.1 Å². The second kappa shape index (κ2) is 14.5. The highest BCUT2D eigenvalue weighted by Crippen LogP contribution is 2.32. The van der Waals surface area contributed by atoms with Gasteiger partial charge in [0.15, 0.2) is 0 Å². The van der Waals surface area contributed by atoms with Gasteiger partial charge in [-0.05, 0) is 74.3 Å². The molecule has 1 aliphatic carbocycles. The van der Waals surface area contributed by atoms with Gasteiger partial charge in [-0.25, -0.2) is 0 Å². The summed E-state index contributed by atoms with van der Waals surface area (Å²) in [5.41, 5.74) is 3.17. The molecule has 1 saturated heterocycles. The van der Waals surface area contributed by atoms with Gasteiger partial charge >= 0.3 is 5.97 Å². The Kier molecular flexibility index (Phi) is 11.8. The van der Waals surface area contributed by atoms with Crippen molar-refractivity contribution in [3.05, 3.63) is 58.1 Å². The Morgan fingerprint density at radius 2 is 2.11 bits per heavy atom. The molecule has 0 aromatic heterocycles. The van der Waals surface area contributed by atoms with E-state index in [0.29, 0.717) is 36.6 Å². The van der Waals surface area contributed by atoms with Gasteiger partial charge in [0.2, 0.25) is 0 Å². The zero-order chi connectivity index (χ0) is 26.1. The number of hydrogen-bond donors (Lipinski definition) is 1. The first kappa shape index (κ1) is 29.2. The lowest BCUT2D eigenvalue weighted by atomic mass is 9.93. The van der Waals surface area contributed by atoms with Crippen molar-refractivity contribution in [2.24, 2.45) is 5.92 Å². The number of aliphatic hydroxyl groups excluding tert-OH is 1. The highest BCUT2D eigenvalue weighted by atomic mass is 35.5. The summed E-state index contributed by atoms with van der Waals surface area (Å²) in [6.45, 7) is 8.18. The molecule has 2 unspecified atom stereocenters. The molecule has 0 bridgehead atoms. The first-order chi connectivity index (χ1) is 17.3. The first-order valence-electron chi connectivity index (χ1n) is 13.3. The third-order valence-electron chi connectivity index (χ3n) is 7.15. The third kappa shape index (κ3) is 8.32. The number of benzene rings is 1. The number of carbonyl (C=O) groups is 1. The minimum absolute atomic E-state index is 0.0542. The monoisotopic (exact) mass is 537 g/mol. The van der Waals surface area contributed by atoms with Crippen LogP contribution >= 0.6 is 23.2 Å². The predicted molar refractivity (Wildman–Crippen MR) is 147 cm³/mol. The van der Waals surface area contributed by atoms with Crippen molar-refractivity contribution in [3.8, 4) is 0 Å². The number of nitrogens with zero attached hydrogens (tertiary/aromatic N) is 1. The number of alkyl halides is 1. The van der Waals surface area contributed by atoms with E-state index >= 15 is 0 Å². The molecule has 5 atom stereocenters.